The standard InChI is InChI=1S/C22H18Cl2N2O4/c1-29-20-4-2-3-15(12-25-26-22(28)14-6-9-18(27)10-7-14)21(20)30-13-16-5-8-17(23)11-19(16)24/h2-12,27H,13H2,1H3,(H,26,28)/b25-12+. The lowest BCUT2D eigenvalue weighted by Crippen LogP contribution is -2.17. The van der Waals surface area contributed by atoms with Gasteiger partial charge in [-0.25, -0.2) is 5.43 Å². The van der Waals surface area contributed by atoms with Crippen LogP contribution in [0.1, 0.15) is 21.5 Å². The topological polar surface area (TPSA) is 80.2 Å². The van der Waals surface area contributed by atoms with E-state index in [9.17, 15) is 9.90 Å². The zero-order valence-electron chi connectivity index (χ0n) is 15.9. The second-order valence-corrected chi connectivity index (χ2v) is 6.99. The Hall–Kier alpha value is -3.22. The summed E-state index contributed by atoms with van der Waals surface area (Å²) in [6.45, 7) is 0.192. The van der Waals surface area contributed by atoms with Gasteiger partial charge in [0.2, 0.25) is 0 Å². The highest BCUT2D eigenvalue weighted by molar-refractivity contribution is 6.35. The molecular formula is C22H18Cl2N2O4. The second kappa shape index (κ2) is 10.0. The number of carbonyl (C=O) groups excluding carboxylic acids is 1. The molecule has 3 aromatic rings. The Balaban J connectivity index is 1.75. The van der Waals surface area contributed by atoms with E-state index in [-0.39, 0.29) is 12.4 Å². The third-order valence-electron chi connectivity index (χ3n) is 4.12. The van der Waals surface area contributed by atoms with Crippen LogP contribution in [-0.2, 0) is 6.61 Å². The van der Waals surface area contributed by atoms with Gasteiger partial charge in [0.1, 0.15) is 12.4 Å². The van der Waals surface area contributed by atoms with E-state index in [0.29, 0.717) is 32.7 Å². The molecule has 1 amide bonds. The molecule has 0 fully saturated rings. The van der Waals surface area contributed by atoms with E-state index in [1.165, 1.54) is 37.6 Å². The number of para-hydroxylation sites is 1. The fourth-order valence-electron chi connectivity index (χ4n) is 2.58. The van der Waals surface area contributed by atoms with Crippen LogP contribution in [-0.4, -0.2) is 24.3 Å². The minimum absolute atomic E-state index is 0.0778. The molecule has 0 heterocycles. The third-order valence-corrected chi connectivity index (χ3v) is 4.70. The highest BCUT2D eigenvalue weighted by Crippen LogP contribution is 2.32. The summed E-state index contributed by atoms with van der Waals surface area (Å²) in [5.41, 5.74) is 4.16. The van der Waals surface area contributed by atoms with Crippen LogP contribution < -0.4 is 14.9 Å². The van der Waals surface area contributed by atoms with E-state index in [1.54, 1.807) is 36.4 Å². The van der Waals surface area contributed by atoms with E-state index >= 15 is 0 Å². The summed E-state index contributed by atoms with van der Waals surface area (Å²) >= 11 is 12.1. The van der Waals surface area contributed by atoms with Gasteiger partial charge < -0.3 is 14.6 Å². The lowest BCUT2D eigenvalue weighted by atomic mass is 10.2. The highest BCUT2D eigenvalue weighted by Gasteiger charge is 2.11. The molecule has 0 unspecified atom stereocenters. The minimum Gasteiger partial charge on any atom is -0.508 e. The van der Waals surface area contributed by atoms with Gasteiger partial charge in [0.05, 0.1) is 13.3 Å². The first-order valence-corrected chi connectivity index (χ1v) is 9.59. The number of phenols is 1. The van der Waals surface area contributed by atoms with Gasteiger partial charge in [-0.3, -0.25) is 4.79 Å². The predicted octanol–water partition coefficient (Wildman–Crippen LogP) is 5.05. The van der Waals surface area contributed by atoms with Crippen LogP contribution in [0, 0.1) is 0 Å². The number of phenolic OH excluding ortho intramolecular Hbond substituents is 1. The monoisotopic (exact) mass is 444 g/mol. The zero-order chi connectivity index (χ0) is 21.5. The molecule has 0 aliphatic heterocycles. The van der Waals surface area contributed by atoms with Gasteiger partial charge in [0.15, 0.2) is 11.5 Å². The van der Waals surface area contributed by atoms with Gasteiger partial charge >= 0.3 is 0 Å². The highest BCUT2D eigenvalue weighted by atomic mass is 35.5. The molecule has 0 saturated carbocycles. The van der Waals surface area contributed by atoms with E-state index in [0.717, 1.165) is 5.56 Å². The fraction of sp³-hybridized carbons (Fsp3) is 0.0909. The number of rotatable bonds is 7. The van der Waals surface area contributed by atoms with E-state index in [1.807, 2.05) is 0 Å². The Kier molecular flexibility index (Phi) is 7.17. The molecule has 0 saturated heterocycles. The molecule has 6 nitrogen and oxygen atoms in total. The summed E-state index contributed by atoms with van der Waals surface area (Å²) in [7, 11) is 1.53. The molecule has 2 N–H and O–H groups in total. The van der Waals surface area contributed by atoms with Crippen LogP contribution in [0.2, 0.25) is 10.0 Å². The normalized spacial score (nSPS) is 10.8. The Labute approximate surface area is 183 Å². The first-order valence-electron chi connectivity index (χ1n) is 8.84. The first kappa shape index (κ1) is 21.5. The van der Waals surface area contributed by atoms with Crippen molar-refractivity contribution in [2.45, 2.75) is 6.61 Å². The number of benzene rings is 3. The lowest BCUT2D eigenvalue weighted by molar-refractivity contribution is 0.0955. The van der Waals surface area contributed by atoms with Gasteiger partial charge in [0, 0.05) is 26.7 Å². The van der Waals surface area contributed by atoms with Crippen LogP contribution in [0.3, 0.4) is 0 Å². The summed E-state index contributed by atoms with van der Waals surface area (Å²) in [5.74, 6) is 0.626. The molecule has 3 aromatic carbocycles. The number of amides is 1. The van der Waals surface area contributed by atoms with Crippen molar-refractivity contribution in [2.75, 3.05) is 7.11 Å². The summed E-state index contributed by atoms with van der Waals surface area (Å²) in [4.78, 5) is 12.1. The van der Waals surface area contributed by atoms with Crippen molar-refractivity contribution in [3.63, 3.8) is 0 Å². The quantitative estimate of drug-likeness (QED) is 0.394. The predicted molar refractivity (Wildman–Crippen MR) is 117 cm³/mol. The molecule has 0 atom stereocenters. The SMILES string of the molecule is COc1cccc(/C=N/NC(=O)c2ccc(O)cc2)c1OCc1ccc(Cl)cc1Cl. The number of nitrogens with zero attached hydrogens (tertiary/aromatic N) is 1. The van der Waals surface area contributed by atoms with Crippen LogP contribution in [0.5, 0.6) is 17.2 Å². The molecule has 8 heteroatoms. The smallest absolute Gasteiger partial charge is 0.271 e. The van der Waals surface area contributed by atoms with Crippen molar-refractivity contribution in [3.8, 4) is 17.2 Å². The molecule has 0 aliphatic carbocycles. The van der Waals surface area contributed by atoms with Crippen molar-refractivity contribution >= 4 is 35.3 Å². The Bertz CT molecular complexity index is 1070. The largest absolute Gasteiger partial charge is 0.508 e. The average molecular weight is 445 g/mol. The first-order chi connectivity index (χ1) is 14.5. The second-order valence-electron chi connectivity index (χ2n) is 6.15. The van der Waals surface area contributed by atoms with Crippen molar-refractivity contribution in [1.29, 1.82) is 0 Å². The molecule has 0 aliphatic rings. The van der Waals surface area contributed by atoms with Crippen molar-refractivity contribution in [1.82, 2.24) is 5.43 Å². The van der Waals surface area contributed by atoms with Crippen molar-refractivity contribution in [3.05, 3.63) is 87.4 Å². The maximum Gasteiger partial charge on any atom is 0.271 e. The van der Waals surface area contributed by atoms with Crippen molar-refractivity contribution in [2.24, 2.45) is 5.10 Å². The van der Waals surface area contributed by atoms with Gasteiger partial charge in [-0.1, -0.05) is 35.3 Å². The average Bonchev–Trinajstić information content (AvgIpc) is 2.74. The van der Waals surface area contributed by atoms with Crippen LogP contribution >= 0.6 is 23.2 Å². The minimum atomic E-state index is -0.412. The number of nitrogens with one attached hydrogen (secondary N) is 1. The number of hydrogen-bond donors (Lipinski definition) is 2. The van der Waals surface area contributed by atoms with E-state index in [4.69, 9.17) is 32.7 Å². The number of hydrazone groups is 1. The molecule has 30 heavy (non-hydrogen) atoms. The summed E-state index contributed by atoms with van der Waals surface area (Å²) in [6.07, 6.45) is 1.46. The maximum atomic E-state index is 12.1. The Morgan fingerprint density at radius 2 is 1.90 bits per heavy atom. The van der Waals surface area contributed by atoms with E-state index in [2.05, 4.69) is 10.5 Å². The number of hydrogen-bond acceptors (Lipinski definition) is 5. The number of ether oxygens (including phenoxy) is 2. The third kappa shape index (κ3) is 5.43. The lowest BCUT2D eigenvalue weighted by Gasteiger charge is -2.14. The fourth-order valence-corrected chi connectivity index (χ4v) is 3.04. The van der Waals surface area contributed by atoms with Crippen LogP contribution in [0.4, 0.5) is 0 Å². The molecule has 0 aromatic heterocycles. The molecular weight excluding hydrogens is 427 g/mol. The Morgan fingerprint density at radius 1 is 1.13 bits per heavy atom. The molecule has 0 radical (unpaired) electrons. The molecule has 0 spiro atoms. The zero-order valence-corrected chi connectivity index (χ0v) is 17.4. The number of halogens is 2. The summed E-state index contributed by atoms with van der Waals surface area (Å²) in [6, 6.07) is 16.3. The molecule has 3 rings (SSSR count). The summed E-state index contributed by atoms with van der Waals surface area (Å²) in [5, 5.41) is 14.3. The van der Waals surface area contributed by atoms with Crippen LogP contribution in [0.15, 0.2) is 65.8 Å². The van der Waals surface area contributed by atoms with Gasteiger partial charge in [-0.15, -0.1) is 0 Å². The van der Waals surface area contributed by atoms with Crippen LogP contribution in [0.25, 0.3) is 0 Å². The number of aromatic hydroxyl groups is 1. The van der Waals surface area contributed by atoms with E-state index < -0.39 is 5.91 Å². The van der Waals surface area contributed by atoms with Gasteiger partial charge in [-0.2, -0.15) is 5.10 Å². The van der Waals surface area contributed by atoms with Gasteiger partial charge in [-0.05, 0) is 48.5 Å². The maximum absolute atomic E-state index is 12.1. The molecule has 154 valence electrons. The number of carbonyl (C=O) groups is 1. The van der Waals surface area contributed by atoms with Crippen molar-refractivity contribution < 1.29 is 19.4 Å². The van der Waals surface area contributed by atoms with Gasteiger partial charge in [0.25, 0.3) is 5.91 Å². The number of methoxy groups -OCH3 is 1. The Morgan fingerprint density at radius 3 is 2.60 bits per heavy atom. The molecule has 0 bridgehead atoms. The summed E-state index contributed by atoms with van der Waals surface area (Å²) < 4.78 is 11.3.